The molecule has 0 aliphatic carbocycles. The first-order chi connectivity index (χ1) is 31.1. The van der Waals surface area contributed by atoms with E-state index in [4.69, 9.17) is 33.2 Å². The molecular weight excluding hydrogens is 837 g/mol. The minimum atomic E-state index is -0.943. The lowest BCUT2D eigenvalue weighted by molar-refractivity contribution is -0.147. The van der Waals surface area contributed by atoms with E-state index >= 15 is 0 Å². The van der Waals surface area contributed by atoms with Gasteiger partial charge >= 0.3 is 30.0 Å². The molecule has 65 heavy (non-hydrogen) atoms. The number of methoxy groups -OCH3 is 1. The number of benzene rings is 2. The Morgan fingerprint density at radius 2 is 0.831 bits per heavy atom. The van der Waals surface area contributed by atoms with E-state index in [-0.39, 0.29) is 38.8 Å². The number of hydrogen-bond acceptors (Lipinski definition) is 13. The zero-order valence-electron chi connectivity index (χ0n) is 40.5. The van der Waals surface area contributed by atoms with Crippen molar-refractivity contribution in [3.63, 3.8) is 0 Å². The van der Waals surface area contributed by atoms with Gasteiger partial charge in [-0.3, -0.25) is 24.0 Å². The van der Waals surface area contributed by atoms with Crippen LogP contribution < -0.4 is 20.1 Å². The molecule has 2 aromatic rings. The van der Waals surface area contributed by atoms with Crippen LogP contribution >= 0.6 is 0 Å². The van der Waals surface area contributed by atoms with Crippen LogP contribution in [-0.2, 0) is 60.5 Å². The van der Waals surface area contributed by atoms with Crippen molar-refractivity contribution in [1.82, 2.24) is 10.6 Å². The quantitative estimate of drug-likeness (QED) is 0.0402. The summed E-state index contributed by atoms with van der Waals surface area (Å²) < 4.78 is 37.0. The van der Waals surface area contributed by atoms with Gasteiger partial charge in [-0.2, -0.15) is 0 Å². The second-order valence-electron chi connectivity index (χ2n) is 16.4. The molecule has 2 aromatic carbocycles. The number of carbonyl (C=O) groups excluding carboxylic acids is 6. The van der Waals surface area contributed by atoms with Gasteiger partial charge in [-0.15, -0.1) is 0 Å². The normalized spacial score (nSPS) is 12.4. The lowest BCUT2D eigenvalue weighted by atomic mass is 9.88. The standard InChI is InChI=1S/C25H39NO7.C25H39NO6/c1-5-6-7-8-9-17-32-23-12-10-22(11-13-23)14-15-25(19-33-21(3)28,26-24(29)30-4)16-18-31-20(2)27;1-5-6-7-8-9-17-31-24-12-10-23(11-13-24)14-15-25(26-20(2)27,19-32-22(4)29)16-18-30-21(3)28/h10-13H,5-9,14-19H2,1-4H3,(H,26,29);10-13H,5-9,14-19H2,1-4H3,(H,26,27). The van der Waals surface area contributed by atoms with Gasteiger partial charge in [0, 0.05) is 47.5 Å². The molecular formula is C50H78N2O13. The predicted octanol–water partition coefficient (Wildman–Crippen LogP) is 8.94. The molecule has 0 aliphatic rings. The maximum atomic E-state index is 12.0. The molecule has 2 amide bonds. The fraction of sp³-hybridized carbons (Fsp3) is 0.640. The number of alkyl carbamates (subject to hydrolysis) is 1. The summed E-state index contributed by atoms with van der Waals surface area (Å²) in [5, 5.41) is 5.71. The van der Waals surface area contributed by atoms with Gasteiger partial charge in [0.05, 0.1) is 44.6 Å². The van der Waals surface area contributed by atoms with E-state index in [1.54, 1.807) is 0 Å². The average Bonchev–Trinajstić information content (AvgIpc) is 3.26. The van der Waals surface area contributed by atoms with Crippen molar-refractivity contribution in [2.45, 2.75) is 162 Å². The molecule has 0 spiro atoms. The molecule has 2 unspecified atom stereocenters. The van der Waals surface area contributed by atoms with Crippen LogP contribution in [0.4, 0.5) is 4.79 Å². The molecule has 0 bridgehead atoms. The number of ether oxygens (including phenoxy) is 7. The Balaban J connectivity index is 0.000000650. The Kier molecular flexibility index (Phi) is 30.2. The summed E-state index contributed by atoms with van der Waals surface area (Å²) in [5.41, 5.74) is 0.352. The van der Waals surface area contributed by atoms with Gasteiger partial charge in [0.15, 0.2) is 0 Å². The van der Waals surface area contributed by atoms with Crippen LogP contribution in [0.15, 0.2) is 48.5 Å². The number of rotatable bonds is 32. The zero-order valence-corrected chi connectivity index (χ0v) is 40.5. The van der Waals surface area contributed by atoms with Crippen molar-refractivity contribution < 1.29 is 61.9 Å². The van der Waals surface area contributed by atoms with Crippen molar-refractivity contribution in [3.05, 3.63) is 59.7 Å². The van der Waals surface area contributed by atoms with E-state index in [0.29, 0.717) is 45.3 Å². The monoisotopic (exact) mass is 915 g/mol. The fourth-order valence-electron chi connectivity index (χ4n) is 6.82. The molecule has 0 heterocycles. The second kappa shape index (κ2) is 34.1. The first kappa shape index (κ1) is 57.7. The van der Waals surface area contributed by atoms with Crippen LogP contribution in [0.3, 0.4) is 0 Å². The number of aryl methyl sites for hydroxylation is 2. The molecule has 2 atom stereocenters. The number of unbranched alkanes of at least 4 members (excludes halogenated alkanes) is 8. The Morgan fingerprint density at radius 3 is 1.17 bits per heavy atom. The zero-order chi connectivity index (χ0) is 48.4. The molecule has 0 saturated heterocycles. The van der Waals surface area contributed by atoms with E-state index in [1.807, 2.05) is 48.5 Å². The Morgan fingerprint density at radius 1 is 0.462 bits per heavy atom. The molecule has 15 heteroatoms. The summed E-state index contributed by atoms with van der Waals surface area (Å²) >= 11 is 0. The molecule has 0 aromatic heterocycles. The Labute approximate surface area is 387 Å². The van der Waals surface area contributed by atoms with Gasteiger partial charge in [-0.05, 0) is 73.9 Å². The van der Waals surface area contributed by atoms with Crippen molar-refractivity contribution >= 4 is 35.9 Å². The average molecular weight is 915 g/mol. The molecule has 2 rings (SSSR count). The summed E-state index contributed by atoms with van der Waals surface area (Å²) in [6.07, 6.45) is 14.1. The highest BCUT2D eigenvalue weighted by Gasteiger charge is 2.35. The number of amides is 2. The third-order valence-corrected chi connectivity index (χ3v) is 10.5. The topological polar surface area (TPSA) is 191 Å². The highest BCUT2D eigenvalue weighted by Crippen LogP contribution is 2.24. The number of hydrogen-bond donors (Lipinski definition) is 2. The Bertz CT molecular complexity index is 1670. The van der Waals surface area contributed by atoms with Gasteiger partial charge in [-0.25, -0.2) is 4.79 Å². The third-order valence-electron chi connectivity index (χ3n) is 10.5. The molecule has 0 saturated carbocycles. The third kappa shape index (κ3) is 28.9. The summed E-state index contributed by atoms with van der Waals surface area (Å²) in [4.78, 5) is 69.1. The molecule has 0 aliphatic heterocycles. The maximum absolute atomic E-state index is 12.0. The van der Waals surface area contributed by atoms with Crippen molar-refractivity contribution in [2.24, 2.45) is 0 Å². The molecule has 2 N–H and O–H groups in total. The molecule has 366 valence electrons. The highest BCUT2D eigenvalue weighted by molar-refractivity contribution is 5.74. The summed E-state index contributed by atoms with van der Waals surface area (Å²) in [6.45, 7) is 12.7. The number of carbonyl (C=O) groups is 6. The highest BCUT2D eigenvalue weighted by atomic mass is 16.6. The molecule has 0 fully saturated rings. The van der Waals surface area contributed by atoms with Gasteiger partial charge in [0.25, 0.3) is 0 Å². The van der Waals surface area contributed by atoms with Gasteiger partial charge < -0.3 is 43.8 Å². The molecule has 15 nitrogen and oxygen atoms in total. The second-order valence-corrected chi connectivity index (χ2v) is 16.4. The first-order valence-electron chi connectivity index (χ1n) is 23.2. The first-order valence-corrected chi connectivity index (χ1v) is 23.2. The van der Waals surface area contributed by atoms with Crippen LogP contribution in [0.25, 0.3) is 0 Å². The van der Waals surface area contributed by atoms with Crippen molar-refractivity contribution in [2.75, 3.05) is 46.8 Å². The van der Waals surface area contributed by atoms with Gasteiger partial charge in [0.1, 0.15) is 24.7 Å². The minimum absolute atomic E-state index is 0.0163. The SMILES string of the molecule is CCCCCCCOc1ccc(CCC(CCOC(C)=O)(COC(C)=O)NC(=O)OC)cc1.CCCCCCCOc1ccc(CCC(CCOC(C)=O)(COC(C)=O)NC(C)=O)cc1. The van der Waals surface area contributed by atoms with E-state index in [1.165, 1.54) is 93.1 Å². The van der Waals surface area contributed by atoms with Gasteiger partial charge in [0.2, 0.25) is 5.91 Å². The number of esters is 4. The van der Waals surface area contributed by atoms with Crippen LogP contribution in [0.2, 0.25) is 0 Å². The van der Waals surface area contributed by atoms with Crippen LogP contribution in [0.5, 0.6) is 11.5 Å². The molecule has 0 radical (unpaired) electrons. The lowest BCUT2D eigenvalue weighted by Crippen LogP contribution is -2.53. The van der Waals surface area contributed by atoms with E-state index < -0.39 is 41.0 Å². The van der Waals surface area contributed by atoms with E-state index in [0.717, 1.165) is 35.5 Å². The summed E-state index contributed by atoms with van der Waals surface area (Å²) in [6, 6.07) is 15.7. The Hall–Kier alpha value is -5.34. The largest absolute Gasteiger partial charge is 0.494 e. The fourth-order valence-corrected chi connectivity index (χ4v) is 6.82. The summed E-state index contributed by atoms with van der Waals surface area (Å²) in [5.74, 6) is -0.276. The number of nitrogens with one attached hydrogen (secondary N) is 2. The maximum Gasteiger partial charge on any atom is 0.407 e. The van der Waals surface area contributed by atoms with E-state index in [2.05, 4.69) is 24.5 Å². The van der Waals surface area contributed by atoms with Gasteiger partial charge in [-0.1, -0.05) is 89.5 Å². The van der Waals surface area contributed by atoms with Crippen molar-refractivity contribution in [3.8, 4) is 11.5 Å². The summed E-state index contributed by atoms with van der Waals surface area (Å²) in [7, 11) is 1.26. The lowest BCUT2D eigenvalue weighted by Gasteiger charge is -2.34. The van der Waals surface area contributed by atoms with Crippen molar-refractivity contribution in [1.29, 1.82) is 0 Å². The van der Waals surface area contributed by atoms with Crippen LogP contribution in [0.1, 0.15) is 149 Å². The van der Waals surface area contributed by atoms with Crippen LogP contribution in [-0.4, -0.2) is 93.7 Å². The smallest absolute Gasteiger partial charge is 0.407 e. The predicted molar refractivity (Wildman–Crippen MR) is 249 cm³/mol. The van der Waals surface area contributed by atoms with Crippen LogP contribution in [0, 0.1) is 0 Å². The van der Waals surface area contributed by atoms with E-state index in [9.17, 15) is 28.8 Å². The minimum Gasteiger partial charge on any atom is -0.494 e.